The summed E-state index contributed by atoms with van der Waals surface area (Å²) in [6.07, 6.45) is 0. The number of hydrogen-bond donors (Lipinski definition) is 1. The van der Waals surface area contributed by atoms with Crippen molar-refractivity contribution in [3.63, 3.8) is 0 Å². The summed E-state index contributed by atoms with van der Waals surface area (Å²) in [5, 5.41) is 10.8. The van der Waals surface area contributed by atoms with E-state index in [4.69, 9.17) is 17.3 Å². The number of aliphatic imine (C=N–C) groups is 1. The van der Waals surface area contributed by atoms with Crippen molar-refractivity contribution in [3.05, 3.63) is 31.8 Å². The highest BCUT2D eigenvalue weighted by Crippen LogP contribution is 2.36. The van der Waals surface area contributed by atoms with Gasteiger partial charge in [-0.25, -0.2) is 4.99 Å². The molecule has 0 aliphatic rings. The Morgan fingerprint density at radius 1 is 1.59 bits per heavy atom. The topological polar surface area (TPSA) is 81.5 Å². The van der Waals surface area contributed by atoms with E-state index >= 15 is 0 Å². The molecule has 0 amide bonds. The molecule has 0 saturated carbocycles. The molecule has 2 N–H and O–H groups in total. The second-order valence-corrected chi connectivity index (χ2v) is 4.59. The molecule has 7 heteroatoms. The first-order valence-electron chi connectivity index (χ1n) is 4.71. The van der Waals surface area contributed by atoms with Gasteiger partial charge in [-0.1, -0.05) is 0 Å². The number of rotatable bonds is 3. The number of nitrogens with two attached hydrogens (primary N) is 1. The van der Waals surface area contributed by atoms with Gasteiger partial charge in [0.25, 0.3) is 5.69 Å². The first-order valence-corrected chi connectivity index (χ1v) is 6.04. The number of halogens is 2. The number of nitro groups is 1. The Bertz CT molecular complexity index is 503. The van der Waals surface area contributed by atoms with E-state index < -0.39 is 4.92 Å². The fraction of sp³-hybridized carbons (Fsp3) is 0.300. The molecule has 0 radical (unpaired) electrons. The van der Waals surface area contributed by atoms with Crippen LogP contribution in [0.25, 0.3) is 0 Å². The van der Waals surface area contributed by atoms with E-state index in [-0.39, 0.29) is 17.4 Å². The fourth-order valence-electron chi connectivity index (χ4n) is 1.35. The SMILES string of the molecule is Cc1c([N+](=O)[O-])cc(Br)c(N=C(N)CCl)c1C. The average molecular weight is 321 g/mol. The molecule has 0 saturated heterocycles. The van der Waals surface area contributed by atoms with Gasteiger partial charge in [-0.3, -0.25) is 10.1 Å². The summed E-state index contributed by atoms with van der Waals surface area (Å²) in [7, 11) is 0. The van der Waals surface area contributed by atoms with Crippen molar-refractivity contribution in [1.29, 1.82) is 0 Å². The molecule has 0 heterocycles. The zero-order valence-corrected chi connectivity index (χ0v) is 11.7. The zero-order valence-electron chi connectivity index (χ0n) is 9.33. The second-order valence-electron chi connectivity index (χ2n) is 3.47. The lowest BCUT2D eigenvalue weighted by molar-refractivity contribution is -0.385. The molecule has 0 atom stereocenters. The Labute approximate surface area is 112 Å². The molecule has 92 valence electrons. The summed E-state index contributed by atoms with van der Waals surface area (Å²) in [5.41, 5.74) is 7.46. The highest BCUT2D eigenvalue weighted by molar-refractivity contribution is 9.10. The highest BCUT2D eigenvalue weighted by Gasteiger charge is 2.18. The average Bonchev–Trinajstić information content (AvgIpc) is 2.28. The van der Waals surface area contributed by atoms with Crippen LogP contribution < -0.4 is 5.73 Å². The summed E-state index contributed by atoms with van der Waals surface area (Å²) < 4.78 is 0.528. The van der Waals surface area contributed by atoms with Gasteiger partial charge in [0.15, 0.2) is 0 Å². The lowest BCUT2D eigenvalue weighted by Crippen LogP contribution is -2.12. The number of hydrogen-bond acceptors (Lipinski definition) is 3. The van der Waals surface area contributed by atoms with Crippen LogP contribution in [0.15, 0.2) is 15.5 Å². The van der Waals surface area contributed by atoms with Crippen molar-refractivity contribution in [3.8, 4) is 0 Å². The van der Waals surface area contributed by atoms with E-state index in [9.17, 15) is 10.1 Å². The molecular formula is C10H11BrClN3O2. The molecule has 0 spiro atoms. The minimum absolute atomic E-state index is 0.0535. The van der Waals surface area contributed by atoms with E-state index in [0.29, 0.717) is 21.3 Å². The minimum Gasteiger partial charge on any atom is -0.386 e. The van der Waals surface area contributed by atoms with Crippen LogP contribution in [0.3, 0.4) is 0 Å². The molecule has 0 bridgehead atoms. The molecule has 1 aromatic rings. The van der Waals surface area contributed by atoms with Crippen molar-refractivity contribution in [2.75, 3.05) is 5.88 Å². The molecular weight excluding hydrogens is 309 g/mol. The number of nitrogens with zero attached hydrogens (tertiary/aromatic N) is 2. The summed E-state index contributed by atoms with van der Waals surface area (Å²) in [6, 6.07) is 1.42. The third-order valence-corrected chi connectivity index (χ3v) is 3.26. The van der Waals surface area contributed by atoms with Gasteiger partial charge in [0.2, 0.25) is 0 Å². The minimum atomic E-state index is -0.425. The van der Waals surface area contributed by atoms with E-state index in [1.54, 1.807) is 13.8 Å². The van der Waals surface area contributed by atoms with Crippen molar-refractivity contribution >= 4 is 44.7 Å². The van der Waals surface area contributed by atoms with Crippen LogP contribution in [0.2, 0.25) is 0 Å². The molecule has 0 fully saturated rings. The first kappa shape index (κ1) is 13.9. The van der Waals surface area contributed by atoms with Gasteiger partial charge in [0.1, 0.15) is 5.84 Å². The molecule has 0 aromatic heterocycles. The van der Waals surface area contributed by atoms with Crippen LogP contribution >= 0.6 is 27.5 Å². The van der Waals surface area contributed by atoms with Gasteiger partial charge in [-0.2, -0.15) is 0 Å². The smallest absolute Gasteiger partial charge is 0.273 e. The Kier molecular flexibility index (Phi) is 4.47. The van der Waals surface area contributed by atoms with Crippen molar-refractivity contribution in [1.82, 2.24) is 0 Å². The number of alkyl halides is 1. The van der Waals surface area contributed by atoms with Crippen LogP contribution in [0, 0.1) is 24.0 Å². The highest BCUT2D eigenvalue weighted by atomic mass is 79.9. The lowest BCUT2D eigenvalue weighted by atomic mass is 10.1. The molecule has 0 unspecified atom stereocenters. The fourth-order valence-corrected chi connectivity index (χ4v) is 2.01. The first-order chi connectivity index (χ1) is 7.88. The molecule has 1 rings (SSSR count). The largest absolute Gasteiger partial charge is 0.386 e. The van der Waals surface area contributed by atoms with Crippen molar-refractivity contribution < 1.29 is 4.92 Å². The second kappa shape index (κ2) is 5.46. The number of amidine groups is 1. The molecule has 0 aliphatic heterocycles. The predicted molar refractivity (Wildman–Crippen MR) is 72.3 cm³/mol. The standard InChI is InChI=1S/C10H11BrClN3O2/c1-5-6(2)10(14-9(13)4-12)7(11)3-8(5)15(16)17/h3H,4H2,1-2H3,(H2,13,14). The van der Waals surface area contributed by atoms with Crippen molar-refractivity contribution in [2.24, 2.45) is 10.7 Å². The normalized spacial score (nSPS) is 11.6. The van der Waals surface area contributed by atoms with Crippen LogP contribution in [0.4, 0.5) is 11.4 Å². The molecule has 5 nitrogen and oxygen atoms in total. The molecule has 0 aliphatic carbocycles. The van der Waals surface area contributed by atoms with Gasteiger partial charge in [0, 0.05) is 11.6 Å². The van der Waals surface area contributed by atoms with Crippen molar-refractivity contribution in [2.45, 2.75) is 13.8 Å². The van der Waals surface area contributed by atoms with Gasteiger partial charge in [0.05, 0.1) is 21.0 Å². The van der Waals surface area contributed by atoms with Gasteiger partial charge in [-0.15, -0.1) is 11.6 Å². The van der Waals surface area contributed by atoms with E-state index in [0.717, 1.165) is 0 Å². The van der Waals surface area contributed by atoms with Gasteiger partial charge < -0.3 is 5.73 Å². The van der Waals surface area contributed by atoms with E-state index in [1.165, 1.54) is 6.07 Å². The Morgan fingerprint density at radius 3 is 2.65 bits per heavy atom. The Morgan fingerprint density at radius 2 is 2.18 bits per heavy atom. The summed E-state index contributed by atoms with van der Waals surface area (Å²) in [4.78, 5) is 14.5. The number of nitro benzene ring substituents is 1. The summed E-state index contributed by atoms with van der Waals surface area (Å²) in [5.74, 6) is 0.380. The lowest BCUT2D eigenvalue weighted by Gasteiger charge is -2.08. The third kappa shape index (κ3) is 2.95. The van der Waals surface area contributed by atoms with Crippen LogP contribution in [-0.4, -0.2) is 16.6 Å². The monoisotopic (exact) mass is 319 g/mol. The van der Waals surface area contributed by atoms with E-state index in [1.807, 2.05) is 0 Å². The third-order valence-electron chi connectivity index (χ3n) is 2.38. The maximum Gasteiger partial charge on any atom is 0.273 e. The van der Waals surface area contributed by atoms with Gasteiger partial charge in [-0.05, 0) is 35.3 Å². The maximum absolute atomic E-state index is 10.8. The van der Waals surface area contributed by atoms with E-state index in [2.05, 4.69) is 20.9 Å². The summed E-state index contributed by atoms with van der Waals surface area (Å²) >= 11 is 8.80. The van der Waals surface area contributed by atoms with Crippen LogP contribution in [0.5, 0.6) is 0 Å². The van der Waals surface area contributed by atoms with Crippen LogP contribution in [-0.2, 0) is 0 Å². The Balaban J connectivity index is 3.46. The number of benzene rings is 1. The van der Waals surface area contributed by atoms with Gasteiger partial charge >= 0.3 is 0 Å². The quantitative estimate of drug-likeness (QED) is 0.305. The predicted octanol–water partition coefficient (Wildman–Crippen LogP) is 3.20. The summed E-state index contributed by atoms with van der Waals surface area (Å²) in [6.45, 7) is 3.43. The molecule has 1 aromatic carbocycles. The Hall–Kier alpha value is -1.14. The zero-order chi connectivity index (χ0) is 13.2. The maximum atomic E-state index is 10.8. The molecule has 17 heavy (non-hydrogen) atoms. The van der Waals surface area contributed by atoms with Crippen LogP contribution in [0.1, 0.15) is 11.1 Å².